The number of nitrogens with two attached hydrogens (primary N) is 1. The monoisotopic (exact) mass is 197 g/mol. The first-order valence-electron chi connectivity index (χ1n) is 5.80. The number of nitrogens with one attached hydrogen (secondary N) is 1. The Morgan fingerprint density at radius 3 is 2.43 bits per heavy atom. The molecule has 0 amide bonds. The standard InChI is InChI=1S/C11H23N3/c1-3-9-13-10(14-12)11(4-2)7-5-6-8-11/h3-9,12H2,1-2H3,(H,13,14). The van der Waals surface area contributed by atoms with Crippen molar-refractivity contribution in [3.8, 4) is 0 Å². The van der Waals surface area contributed by atoms with Crippen molar-refractivity contribution in [2.45, 2.75) is 52.4 Å². The van der Waals surface area contributed by atoms with E-state index >= 15 is 0 Å². The van der Waals surface area contributed by atoms with Gasteiger partial charge in [0.2, 0.25) is 0 Å². The van der Waals surface area contributed by atoms with Crippen LogP contribution in [0.3, 0.4) is 0 Å². The molecule has 0 radical (unpaired) electrons. The van der Waals surface area contributed by atoms with Crippen molar-refractivity contribution in [3.63, 3.8) is 0 Å². The fourth-order valence-corrected chi connectivity index (χ4v) is 2.40. The van der Waals surface area contributed by atoms with E-state index in [0.29, 0.717) is 0 Å². The van der Waals surface area contributed by atoms with Crippen LogP contribution in [0.2, 0.25) is 0 Å². The number of rotatable bonds is 4. The molecule has 0 heterocycles. The van der Waals surface area contributed by atoms with Crippen LogP contribution in [0.15, 0.2) is 4.99 Å². The van der Waals surface area contributed by atoms with E-state index in [4.69, 9.17) is 5.84 Å². The second kappa shape index (κ2) is 5.35. The van der Waals surface area contributed by atoms with Gasteiger partial charge >= 0.3 is 0 Å². The van der Waals surface area contributed by atoms with Crippen LogP contribution in [0, 0.1) is 5.41 Å². The third-order valence-corrected chi connectivity index (χ3v) is 3.37. The molecule has 1 aliphatic carbocycles. The second-order valence-electron chi connectivity index (χ2n) is 4.22. The molecule has 82 valence electrons. The third kappa shape index (κ3) is 2.27. The Hall–Kier alpha value is -0.570. The first-order valence-corrected chi connectivity index (χ1v) is 5.80. The van der Waals surface area contributed by atoms with Crippen LogP contribution in [0.25, 0.3) is 0 Å². The highest BCUT2D eigenvalue weighted by Gasteiger charge is 2.36. The van der Waals surface area contributed by atoms with Gasteiger partial charge in [0.15, 0.2) is 0 Å². The molecule has 0 aliphatic heterocycles. The molecule has 0 bridgehead atoms. The SMILES string of the molecule is CCCN=C(NN)C1(CC)CCCC1. The van der Waals surface area contributed by atoms with Gasteiger partial charge in [-0.25, -0.2) is 5.84 Å². The van der Waals surface area contributed by atoms with Crippen molar-refractivity contribution in [1.82, 2.24) is 5.43 Å². The van der Waals surface area contributed by atoms with Gasteiger partial charge in [-0.3, -0.25) is 4.99 Å². The summed E-state index contributed by atoms with van der Waals surface area (Å²) in [7, 11) is 0. The summed E-state index contributed by atoms with van der Waals surface area (Å²) >= 11 is 0. The number of nitrogens with zero attached hydrogens (tertiary/aromatic N) is 1. The lowest BCUT2D eigenvalue weighted by Crippen LogP contribution is -2.43. The number of hydrogen-bond acceptors (Lipinski definition) is 2. The van der Waals surface area contributed by atoms with E-state index in [9.17, 15) is 0 Å². The molecule has 0 saturated heterocycles. The van der Waals surface area contributed by atoms with Gasteiger partial charge in [0.05, 0.1) is 0 Å². The molecule has 3 N–H and O–H groups in total. The topological polar surface area (TPSA) is 50.4 Å². The summed E-state index contributed by atoms with van der Waals surface area (Å²) in [5, 5.41) is 0. The maximum Gasteiger partial charge on any atom is 0.117 e. The minimum atomic E-state index is 0.268. The van der Waals surface area contributed by atoms with E-state index in [1.807, 2.05) is 0 Å². The first-order chi connectivity index (χ1) is 6.79. The maximum absolute atomic E-state index is 5.57. The Morgan fingerprint density at radius 2 is 2.00 bits per heavy atom. The van der Waals surface area contributed by atoms with Crippen molar-refractivity contribution in [2.75, 3.05) is 6.54 Å². The summed E-state index contributed by atoms with van der Waals surface area (Å²) in [5.41, 5.74) is 3.09. The van der Waals surface area contributed by atoms with Gasteiger partial charge in [0, 0.05) is 12.0 Å². The van der Waals surface area contributed by atoms with Crippen LogP contribution in [0.1, 0.15) is 52.4 Å². The van der Waals surface area contributed by atoms with Crippen LogP contribution in [-0.2, 0) is 0 Å². The Labute approximate surface area is 87.1 Å². The smallest absolute Gasteiger partial charge is 0.117 e. The molecular weight excluding hydrogens is 174 g/mol. The summed E-state index contributed by atoms with van der Waals surface area (Å²) in [4.78, 5) is 4.57. The van der Waals surface area contributed by atoms with Gasteiger partial charge in [-0.2, -0.15) is 0 Å². The van der Waals surface area contributed by atoms with Crippen molar-refractivity contribution >= 4 is 5.84 Å². The lowest BCUT2D eigenvalue weighted by atomic mass is 9.82. The van der Waals surface area contributed by atoms with E-state index in [1.54, 1.807) is 0 Å². The third-order valence-electron chi connectivity index (χ3n) is 3.37. The van der Waals surface area contributed by atoms with Crippen LogP contribution < -0.4 is 11.3 Å². The normalized spacial score (nSPS) is 21.2. The predicted molar refractivity (Wildman–Crippen MR) is 61.1 cm³/mol. The molecule has 1 rings (SSSR count). The number of amidine groups is 1. The summed E-state index contributed by atoms with van der Waals surface area (Å²) in [6.07, 6.45) is 7.37. The molecule has 1 fully saturated rings. The fourth-order valence-electron chi connectivity index (χ4n) is 2.40. The summed E-state index contributed by atoms with van der Waals surface area (Å²) in [5.74, 6) is 6.61. The summed E-state index contributed by atoms with van der Waals surface area (Å²) < 4.78 is 0. The van der Waals surface area contributed by atoms with Gasteiger partial charge in [-0.15, -0.1) is 0 Å². The zero-order chi connectivity index (χ0) is 10.4. The number of aliphatic imine (C=N–C) groups is 1. The van der Waals surface area contributed by atoms with Crippen LogP contribution in [-0.4, -0.2) is 12.4 Å². The first kappa shape index (κ1) is 11.5. The number of hydrazine groups is 1. The van der Waals surface area contributed by atoms with E-state index < -0.39 is 0 Å². The highest BCUT2D eigenvalue weighted by atomic mass is 15.3. The minimum Gasteiger partial charge on any atom is -0.312 e. The molecule has 0 aromatic carbocycles. The molecule has 0 atom stereocenters. The fraction of sp³-hybridized carbons (Fsp3) is 0.909. The van der Waals surface area contributed by atoms with Gasteiger partial charge in [0.1, 0.15) is 5.84 Å². The van der Waals surface area contributed by atoms with Gasteiger partial charge in [-0.05, 0) is 25.7 Å². The zero-order valence-electron chi connectivity index (χ0n) is 9.47. The molecule has 1 aliphatic rings. The molecule has 3 nitrogen and oxygen atoms in total. The molecule has 3 heteroatoms. The highest BCUT2D eigenvalue weighted by Crippen LogP contribution is 2.41. The maximum atomic E-state index is 5.57. The summed E-state index contributed by atoms with van der Waals surface area (Å²) in [6.45, 7) is 5.27. The Balaban J connectivity index is 2.73. The minimum absolute atomic E-state index is 0.268. The molecule has 0 aromatic heterocycles. The molecular formula is C11H23N3. The molecule has 1 saturated carbocycles. The van der Waals surface area contributed by atoms with Crippen LogP contribution in [0.4, 0.5) is 0 Å². The average Bonchev–Trinajstić information content (AvgIpc) is 2.69. The number of hydrogen-bond donors (Lipinski definition) is 2. The van der Waals surface area contributed by atoms with Gasteiger partial charge < -0.3 is 5.43 Å². The molecule has 0 unspecified atom stereocenters. The molecule has 0 spiro atoms. The van der Waals surface area contributed by atoms with Crippen LogP contribution >= 0.6 is 0 Å². The Morgan fingerprint density at radius 1 is 1.36 bits per heavy atom. The molecule has 14 heavy (non-hydrogen) atoms. The molecule has 0 aromatic rings. The van der Waals surface area contributed by atoms with Gasteiger partial charge in [0.25, 0.3) is 0 Å². The van der Waals surface area contributed by atoms with Crippen molar-refractivity contribution in [2.24, 2.45) is 16.3 Å². The Bertz CT molecular complexity index is 193. The van der Waals surface area contributed by atoms with Crippen molar-refractivity contribution < 1.29 is 0 Å². The Kier molecular flexibility index (Phi) is 4.39. The van der Waals surface area contributed by atoms with E-state index in [-0.39, 0.29) is 5.41 Å². The summed E-state index contributed by atoms with van der Waals surface area (Å²) in [6, 6.07) is 0. The van der Waals surface area contributed by atoms with Crippen molar-refractivity contribution in [3.05, 3.63) is 0 Å². The van der Waals surface area contributed by atoms with Crippen molar-refractivity contribution in [1.29, 1.82) is 0 Å². The van der Waals surface area contributed by atoms with Gasteiger partial charge in [-0.1, -0.05) is 26.7 Å². The second-order valence-corrected chi connectivity index (χ2v) is 4.22. The average molecular weight is 197 g/mol. The highest BCUT2D eigenvalue weighted by molar-refractivity contribution is 5.87. The quantitative estimate of drug-likeness (QED) is 0.314. The van der Waals surface area contributed by atoms with E-state index in [2.05, 4.69) is 24.3 Å². The van der Waals surface area contributed by atoms with Crippen LogP contribution in [0.5, 0.6) is 0 Å². The lowest BCUT2D eigenvalue weighted by molar-refractivity contribution is 0.404. The lowest BCUT2D eigenvalue weighted by Gasteiger charge is -2.28. The largest absolute Gasteiger partial charge is 0.312 e. The predicted octanol–water partition coefficient (Wildman–Crippen LogP) is 2.23. The zero-order valence-corrected chi connectivity index (χ0v) is 9.47. The van der Waals surface area contributed by atoms with E-state index in [0.717, 1.165) is 25.2 Å². The van der Waals surface area contributed by atoms with E-state index in [1.165, 1.54) is 25.7 Å².